The van der Waals surface area contributed by atoms with E-state index in [9.17, 15) is 0 Å². The minimum absolute atomic E-state index is 0. The third kappa shape index (κ3) is 19.5. The van der Waals surface area contributed by atoms with Crippen LogP contribution in [0.1, 0.15) is 77.6 Å². The second-order valence-electron chi connectivity index (χ2n) is 4.65. The molecule has 99 valence electrons. The minimum atomic E-state index is 0. The van der Waals surface area contributed by atoms with Crippen LogP contribution in [0.25, 0.3) is 0 Å². The Morgan fingerprint density at radius 1 is 0.706 bits per heavy atom. The first kappa shape index (κ1) is 20.3. The Balaban J connectivity index is 0. The first-order valence-corrected chi connectivity index (χ1v) is 7.28. The molecule has 0 saturated heterocycles. The van der Waals surface area contributed by atoms with E-state index >= 15 is 0 Å². The maximum absolute atomic E-state index is 5.39. The summed E-state index contributed by atoms with van der Waals surface area (Å²) in [5, 5.41) is 0. The van der Waals surface area contributed by atoms with Gasteiger partial charge in [-0.1, -0.05) is 71.6 Å². The summed E-state index contributed by atoms with van der Waals surface area (Å²) in [7, 11) is 0. The number of ether oxygens (including phenoxy) is 1. The van der Waals surface area contributed by atoms with Gasteiger partial charge >= 0.3 is 29.6 Å². The van der Waals surface area contributed by atoms with Gasteiger partial charge in [0.25, 0.3) is 0 Å². The molecule has 0 aliphatic rings. The van der Waals surface area contributed by atoms with Crippen molar-refractivity contribution in [3.8, 4) is 0 Å². The molecular weight excluding hydrogens is 219 g/mol. The van der Waals surface area contributed by atoms with Crippen molar-refractivity contribution < 1.29 is 4.74 Å². The molecule has 0 unspecified atom stereocenters. The van der Waals surface area contributed by atoms with Gasteiger partial charge in [0, 0.05) is 13.2 Å². The Morgan fingerprint density at radius 3 is 1.65 bits per heavy atom. The SMILES string of the molecule is [CH2]CCOCCCCCCCCCCCC.[NaH]. The molecule has 0 amide bonds. The van der Waals surface area contributed by atoms with Crippen molar-refractivity contribution in [1.82, 2.24) is 0 Å². The Hall–Kier alpha value is 0.960. The van der Waals surface area contributed by atoms with Gasteiger partial charge in [-0.05, 0) is 12.8 Å². The van der Waals surface area contributed by atoms with Crippen molar-refractivity contribution in [1.29, 1.82) is 0 Å². The predicted molar refractivity (Wildman–Crippen MR) is 79.8 cm³/mol. The second kappa shape index (κ2) is 19.3. The van der Waals surface area contributed by atoms with Crippen molar-refractivity contribution in [2.45, 2.75) is 77.6 Å². The molecule has 0 heterocycles. The molecule has 2 heteroatoms. The summed E-state index contributed by atoms with van der Waals surface area (Å²) in [6.45, 7) is 7.79. The number of hydrogen-bond acceptors (Lipinski definition) is 1. The zero-order valence-electron chi connectivity index (χ0n) is 11.3. The molecule has 0 fully saturated rings. The van der Waals surface area contributed by atoms with Crippen molar-refractivity contribution in [3.63, 3.8) is 0 Å². The summed E-state index contributed by atoms with van der Waals surface area (Å²) in [5.74, 6) is 0. The fourth-order valence-electron chi connectivity index (χ4n) is 1.90. The van der Waals surface area contributed by atoms with E-state index in [1.807, 2.05) is 0 Å². The molecule has 0 aromatic carbocycles. The fourth-order valence-corrected chi connectivity index (χ4v) is 1.90. The van der Waals surface area contributed by atoms with Gasteiger partial charge in [0.1, 0.15) is 0 Å². The first-order chi connectivity index (χ1) is 7.91. The maximum atomic E-state index is 5.39. The summed E-state index contributed by atoms with van der Waals surface area (Å²) in [6.07, 6.45) is 14.8. The number of unbranched alkanes of at least 4 members (excludes halogenated alkanes) is 9. The van der Waals surface area contributed by atoms with E-state index in [2.05, 4.69) is 13.8 Å². The Morgan fingerprint density at radius 2 is 1.18 bits per heavy atom. The van der Waals surface area contributed by atoms with Gasteiger partial charge in [-0.2, -0.15) is 0 Å². The molecule has 0 aromatic rings. The van der Waals surface area contributed by atoms with Crippen LogP contribution in [0.5, 0.6) is 0 Å². The van der Waals surface area contributed by atoms with Gasteiger partial charge in [-0.3, -0.25) is 0 Å². The van der Waals surface area contributed by atoms with Crippen LogP contribution in [0.3, 0.4) is 0 Å². The van der Waals surface area contributed by atoms with Crippen molar-refractivity contribution in [3.05, 3.63) is 6.92 Å². The standard InChI is InChI=1S/C15H31O.Na.H/c1-3-5-6-7-8-9-10-11-12-13-15-16-14-4-2;;/h2-15H2,1H3;;. The average molecular weight is 251 g/mol. The molecule has 1 nitrogen and oxygen atoms in total. The molecule has 0 N–H and O–H groups in total. The molecule has 17 heavy (non-hydrogen) atoms. The van der Waals surface area contributed by atoms with Crippen LogP contribution in [0.4, 0.5) is 0 Å². The Bertz CT molecular complexity index is 103. The summed E-state index contributed by atoms with van der Waals surface area (Å²) in [6, 6.07) is 0. The third-order valence-electron chi connectivity index (χ3n) is 2.93. The second-order valence-corrected chi connectivity index (χ2v) is 4.65. The zero-order valence-corrected chi connectivity index (χ0v) is 11.3. The molecule has 0 rings (SSSR count). The third-order valence-corrected chi connectivity index (χ3v) is 2.93. The van der Waals surface area contributed by atoms with E-state index in [1.165, 1.54) is 64.2 Å². The normalized spacial score (nSPS) is 10.2. The van der Waals surface area contributed by atoms with Gasteiger partial charge < -0.3 is 4.74 Å². The molecule has 1 radical (unpaired) electrons. The van der Waals surface area contributed by atoms with Gasteiger partial charge in [-0.25, -0.2) is 0 Å². The van der Waals surface area contributed by atoms with E-state index < -0.39 is 0 Å². The monoisotopic (exact) mass is 251 g/mol. The Labute approximate surface area is 131 Å². The molecule has 0 aliphatic carbocycles. The molecule has 0 spiro atoms. The van der Waals surface area contributed by atoms with Gasteiger partial charge in [0.2, 0.25) is 0 Å². The van der Waals surface area contributed by atoms with Crippen LogP contribution in [0.15, 0.2) is 0 Å². The predicted octanol–water partition coefficient (Wildman–Crippen LogP) is 4.50. The van der Waals surface area contributed by atoms with Crippen LogP contribution < -0.4 is 0 Å². The van der Waals surface area contributed by atoms with Crippen molar-refractivity contribution in [2.24, 2.45) is 0 Å². The molecular formula is C15H32NaO. The molecule has 0 aromatic heterocycles. The van der Waals surface area contributed by atoms with E-state index in [1.54, 1.807) is 0 Å². The molecule has 0 bridgehead atoms. The molecule has 0 aliphatic heterocycles. The van der Waals surface area contributed by atoms with Crippen LogP contribution in [-0.4, -0.2) is 42.8 Å². The zero-order chi connectivity index (χ0) is 11.9. The van der Waals surface area contributed by atoms with Gasteiger partial charge in [0.05, 0.1) is 0 Å². The van der Waals surface area contributed by atoms with Gasteiger partial charge in [0.15, 0.2) is 0 Å². The average Bonchev–Trinajstić information content (AvgIpc) is 2.31. The summed E-state index contributed by atoms with van der Waals surface area (Å²) >= 11 is 0. The summed E-state index contributed by atoms with van der Waals surface area (Å²) in [5.41, 5.74) is 0. The molecule has 0 saturated carbocycles. The van der Waals surface area contributed by atoms with E-state index in [4.69, 9.17) is 4.74 Å². The topological polar surface area (TPSA) is 9.23 Å². The van der Waals surface area contributed by atoms with Crippen LogP contribution in [0, 0.1) is 6.92 Å². The Kier molecular flexibility index (Phi) is 23.0. The van der Waals surface area contributed by atoms with Crippen LogP contribution in [0.2, 0.25) is 0 Å². The van der Waals surface area contributed by atoms with E-state index in [0.717, 1.165) is 19.6 Å². The van der Waals surface area contributed by atoms with E-state index in [-0.39, 0.29) is 29.6 Å². The van der Waals surface area contributed by atoms with Gasteiger partial charge in [-0.15, -0.1) is 0 Å². The van der Waals surface area contributed by atoms with Crippen LogP contribution in [-0.2, 0) is 4.74 Å². The number of hydrogen-bond donors (Lipinski definition) is 0. The quantitative estimate of drug-likeness (QED) is 0.346. The molecule has 0 atom stereocenters. The summed E-state index contributed by atoms with van der Waals surface area (Å²) < 4.78 is 5.39. The van der Waals surface area contributed by atoms with Crippen molar-refractivity contribution in [2.75, 3.05) is 13.2 Å². The first-order valence-electron chi connectivity index (χ1n) is 7.28. The summed E-state index contributed by atoms with van der Waals surface area (Å²) in [4.78, 5) is 0. The fraction of sp³-hybridized carbons (Fsp3) is 0.933. The van der Waals surface area contributed by atoms with E-state index in [0.29, 0.717) is 0 Å². The van der Waals surface area contributed by atoms with Crippen LogP contribution >= 0.6 is 0 Å². The van der Waals surface area contributed by atoms with Crippen molar-refractivity contribution >= 4 is 29.6 Å². The number of rotatable bonds is 13.